The van der Waals surface area contributed by atoms with Gasteiger partial charge in [0.15, 0.2) is 0 Å². The van der Waals surface area contributed by atoms with Crippen molar-refractivity contribution in [1.82, 2.24) is 0 Å². The van der Waals surface area contributed by atoms with Crippen molar-refractivity contribution in [2.75, 3.05) is 0 Å². The van der Waals surface area contributed by atoms with Crippen molar-refractivity contribution in [2.45, 2.75) is 78.6 Å². The Morgan fingerprint density at radius 2 is 1.56 bits per heavy atom. The molecular weight excluding hydrogens is 224 g/mol. The van der Waals surface area contributed by atoms with E-state index in [1.807, 2.05) is 26.0 Å². The third-order valence-corrected chi connectivity index (χ3v) is 3.57. The molecule has 0 spiro atoms. The second-order valence-corrected chi connectivity index (χ2v) is 5.45. The first kappa shape index (κ1) is 17.2. The van der Waals surface area contributed by atoms with Crippen LogP contribution in [0.4, 0.5) is 0 Å². The second kappa shape index (κ2) is 10.2. The molecule has 0 aliphatic carbocycles. The fourth-order valence-corrected chi connectivity index (χ4v) is 2.26. The Bertz CT molecular complexity index is 245. The minimum absolute atomic E-state index is 0.670. The number of hydrogen-bond acceptors (Lipinski definition) is 1. The lowest BCUT2D eigenvalue weighted by molar-refractivity contribution is -0.145. The van der Waals surface area contributed by atoms with Crippen LogP contribution in [0.1, 0.15) is 78.6 Å². The Labute approximate surface area is 112 Å². The first-order valence-electron chi connectivity index (χ1n) is 7.44. The minimum atomic E-state index is -0.705. The molecular formula is C16H30O2. The van der Waals surface area contributed by atoms with E-state index in [-0.39, 0.29) is 0 Å². The van der Waals surface area contributed by atoms with Crippen LogP contribution in [0.2, 0.25) is 0 Å². The van der Waals surface area contributed by atoms with Gasteiger partial charge in [-0.15, -0.1) is 0 Å². The maximum Gasteiger partial charge on any atom is 0.313 e. The Kier molecular flexibility index (Phi) is 9.72. The van der Waals surface area contributed by atoms with E-state index in [0.717, 1.165) is 19.3 Å². The highest BCUT2D eigenvalue weighted by atomic mass is 16.4. The molecule has 0 aromatic heterocycles. The van der Waals surface area contributed by atoms with Gasteiger partial charge in [0.25, 0.3) is 0 Å². The molecule has 0 radical (unpaired) electrons. The van der Waals surface area contributed by atoms with Crippen molar-refractivity contribution in [3.05, 3.63) is 12.2 Å². The summed E-state index contributed by atoms with van der Waals surface area (Å²) >= 11 is 0. The number of carbonyl (C=O) groups is 1. The number of unbranched alkanes of at least 4 members (excludes halogenated alkanes) is 7. The molecule has 2 nitrogen and oxygen atoms in total. The summed E-state index contributed by atoms with van der Waals surface area (Å²) in [7, 11) is 0. The van der Waals surface area contributed by atoms with E-state index < -0.39 is 11.4 Å². The van der Waals surface area contributed by atoms with Crippen LogP contribution >= 0.6 is 0 Å². The van der Waals surface area contributed by atoms with Crippen LogP contribution in [0.5, 0.6) is 0 Å². The van der Waals surface area contributed by atoms with Crippen molar-refractivity contribution in [3.8, 4) is 0 Å². The number of allylic oxidation sites excluding steroid dienone is 1. The molecule has 0 heterocycles. The quantitative estimate of drug-likeness (QED) is 0.407. The number of rotatable bonds is 11. The van der Waals surface area contributed by atoms with E-state index in [4.69, 9.17) is 0 Å². The molecule has 0 aromatic rings. The summed E-state index contributed by atoms with van der Waals surface area (Å²) in [5.74, 6) is -0.705. The lowest BCUT2D eigenvalue weighted by Crippen LogP contribution is -2.24. The first-order valence-corrected chi connectivity index (χ1v) is 7.44. The highest BCUT2D eigenvalue weighted by Crippen LogP contribution is 2.27. The molecule has 0 aromatic carbocycles. The van der Waals surface area contributed by atoms with Gasteiger partial charge < -0.3 is 5.11 Å². The number of carboxylic acids is 1. The monoisotopic (exact) mass is 254 g/mol. The summed E-state index contributed by atoms with van der Waals surface area (Å²) in [5.41, 5.74) is -0.670. The Balaban J connectivity index is 3.66. The van der Waals surface area contributed by atoms with Crippen LogP contribution in [0, 0.1) is 5.41 Å². The Morgan fingerprint density at radius 3 is 2.00 bits per heavy atom. The van der Waals surface area contributed by atoms with Gasteiger partial charge in [0.05, 0.1) is 5.41 Å². The Morgan fingerprint density at radius 1 is 1.06 bits per heavy atom. The molecule has 106 valence electrons. The minimum Gasteiger partial charge on any atom is -0.481 e. The molecule has 2 heteroatoms. The molecule has 0 saturated heterocycles. The molecule has 1 N–H and O–H groups in total. The van der Waals surface area contributed by atoms with Gasteiger partial charge in [0.1, 0.15) is 0 Å². The molecule has 0 fully saturated rings. The highest BCUT2D eigenvalue weighted by molar-refractivity contribution is 5.76. The van der Waals surface area contributed by atoms with Crippen LogP contribution in [-0.2, 0) is 4.79 Å². The molecule has 0 aliphatic rings. The zero-order chi connectivity index (χ0) is 13.9. The Hall–Kier alpha value is -0.790. The number of hydrogen-bond donors (Lipinski definition) is 1. The van der Waals surface area contributed by atoms with Gasteiger partial charge in [-0.05, 0) is 20.3 Å². The van der Waals surface area contributed by atoms with E-state index in [0.29, 0.717) is 0 Å². The average molecular weight is 254 g/mol. The molecule has 0 saturated carbocycles. The van der Waals surface area contributed by atoms with Gasteiger partial charge >= 0.3 is 5.97 Å². The summed E-state index contributed by atoms with van der Waals surface area (Å²) < 4.78 is 0. The fraction of sp³-hybridized carbons (Fsp3) is 0.812. The van der Waals surface area contributed by atoms with Crippen LogP contribution in [0.15, 0.2) is 12.2 Å². The lowest BCUT2D eigenvalue weighted by Gasteiger charge is -2.20. The maximum atomic E-state index is 11.2. The molecule has 0 rings (SSSR count). The predicted octanol–water partition coefficient (Wildman–Crippen LogP) is 5.18. The molecule has 18 heavy (non-hydrogen) atoms. The van der Waals surface area contributed by atoms with Gasteiger partial charge in [-0.2, -0.15) is 0 Å². The van der Waals surface area contributed by atoms with Gasteiger partial charge in [0, 0.05) is 0 Å². The van der Waals surface area contributed by atoms with Gasteiger partial charge in [0.2, 0.25) is 0 Å². The van der Waals surface area contributed by atoms with Crippen LogP contribution < -0.4 is 0 Å². The fourth-order valence-electron chi connectivity index (χ4n) is 2.26. The highest BCUT2D eigenvalue weighted by Gasteiger charge is 2.28. The van der Waals surface area contributed by atoms with Gasteiger partial charge in [-0.3, -0.25) is 4.79 Å². The number of carboxylic acid groups (broad SMARTS) is 1. The molecule has 0 bridgehead atoms. The standard InChI is InChI=1S/C16H30O2/c1-4-6-7-8-9-10-11-12-14-16(3,13-5-2)15(17)18/h5,13H,4,6-12,14H2,1-3H3,(H,17,18). The summed E-state index contributed by atoms with van der Waals surface area (Å²) in [6, 6.07) is 0. The third kappa shape index (κ3) is 7.52. The molecule has 1 unspecified atom stereocenters. The summed E-state index contributed by atoms with van der Waals surface area (Å²) in [6.07, 6.45) is 14.5. The van der Waals surface area contributed by atoms with Gasteiger partial charge in [-0.25, -0.2) is 0 Å². The normalized spacial score (nSPS) is 14.8. The zero-order valence-electron chi connectivity index (χ0n) is 12.4. The van der Waals surface area contributed by atoms with Crippen LogP contribution in [0.3, 0.4) is 0 Å². The first-order chi connectivity index (χ1) is 8.56. The van der Waals surface area contributed by atoms with Crippen molar-refractivity contribution in [2.24, 2.45) is 5.41 Å². The predicted molar refractivity (Wildman–Crippen MR) is 77.8 cm³/mol. The molecule has 0 aliphatic heterocycles. The topological polar surface area (TPSA) is 37.3 Å². The second-order valence-electron chi connectivity index (χ2n) is 5.45. The van der Waals surface area contributed by atoms with Crippen molar-refractivity contribution >= 4 is 5.97 Å². The van der Waals surface area contributed by atoms with Crippen LogP contribution in [0.25, 0.3) is 0 Å². The van der Waals surface area contributed by atoms with Crippen molar-refractivity contribution in [1.29, 1.82) is 0 Å². The molecule has 1 atom stereocenters. The maximum absolute atomic E-state index is 11.2. The van der Waals surface area contributed by atoms with E-state index >= 15 is 0 Å². The van der Waals surface area contributed by atoms with Crippen molar-refractivity contribution in [3.63, 3.8) is 0 Å². The zero-order valence-corrected chi connectivity index (χ0v) is 12.4. The van der Waals surface area contributed by atoms with Crippen LogP contribution in [-0.4, -0.2) is 11.1 Å². The summed E-state index contributed by atoms with van der Waals surface area (Å²) in [6.45, 7) is 5.93. The largest absolute Gasteiger partial charge is 0.481 e. The summed E-state index contributed by atoms with van der Waals surface area (Å²) in [5, 5.41) is 9.21. The van der Waals surface area contributed by atoms with Gasteiger partial charge in [-0.1, -0.05) is 70.4 Å². The third-order valence-electron chi connectivity index (χ3n) is 3.57. The lowest BCUT2D eigenvalue weighted by atomic mass is 9.84. The number of aliphatic carboxylic acids is 1. The summed E-state index contributed by atoms with van der Waals surface area (Å²) in [4.78, 5) is 11.2. The molecule has 0 amide bonds. The van der Waals surface area contributed by atoms with E-state index in [1.165, 1.54) is 38.5 Å². The van der Waals surface area contributed by atoms with Crippen molar-refractivity contribution < 1.29 is 9.90 Å². The van der Waals surface area contributed by atoms with E-state index in [1.54, 1.807) is 0 Å². The van der Waals surface area contributed by atoms with E-state index in [2.05, 4.69) is 6.92 Å². The smallest absolute Gasteiger partial charge is 0.313 e. The SMILES string of the molecule is CC=CC(C)(CCCCCCCCCC)C(=O)O. The van der Waals surface area contributed by atoms with E-state index in [9.17, 15) is 9.90 Å². The average Bonchev–Trinajstić information content (AvgIpc) is 2.33.